The normalized spacial score (nSPS) is 29.7. The van der Waals surface area contributed by atoms with Crippen molar-refractivity contribution in [3.05, 3.63) is 0 Å². The van der Waals surface area contributed by atoms with Gasteiger partial charge in [-0.2, -0.15) is 0 Å². The first-order chi connectivity index (χ1) is 10.0. The maximum absolute atomic E-state index is 12.7. The first-order valence-electron chi connectivity index (χ1n) is 8.24. The van der Waals surface area contributed by atoms with Gasteiger partial charge in [0.15, 0.2) is 0 Å². The maximum Gasteiger partial charge on any atom is 0.246 e. The van der Waals surface area contributed by atoms with Crippen LogP contribution in [-0.2, 0) is 14.3 Å². The van der Waals surface area contributed by atoms with Gasteiger partial charge in [-0.3, -0.25) is 9.59 Å². The van der Waals surface area contributed by atoms with Crippen LogP contribution < -0.4 is 5.32 Å². The Labute approximate surface area is 127 Å². The number of unbranched alkanes of at least 4 members (excludes halogenated alkanes) is 1. The van der Waals surface area contributed by atoms with Gasteiger partial charge in [0, 0.05) is 13.2 Å². The van der Waals surface area contributed by atoms with Crippen molar-refractivity contribution >= 4 is 11.8 Å². The summed E-state index contributed by atoms with van der Waals surface area (Å²) in [5.74, 6) is 0.391. The summed E-state index contributed by atoms with van der Waals surface area (Å²) in [6.07, 6.45) is 4.84. The lowest BCUT2D eigenvalue weighted by Gasteiger charge is -2.46. The second-order valence-electron chi connectivity index (χ2n) is 6.37. The largest absolute Gasteiger partial charge is 0.380 e. The predicted molar refractivity (Wildman–Crippen MR) is 80.8 cm³/mol. The van der Waals surface area contributed by atoms with Gasteiger partial charge in [-0.05, 0) is 38.5 Å². The maximum atomic E-state index is 12.7. The zero-order valence-corrected chi connectivity index (χ0v) is 13.5. The SMILES string of the molecule is CCCCOCCN1C(=O)C(C2CC2)NC(=O)C1(C)CC. The summed E-state index contributed by atoms with van der Waals surface area (Å²) >= 11 is 0. The van der Waals surface area contributed by atoms with Crippen LogP contribution >= 0.6 is 0 Å². The molecule has 1 heterocycles. The van der Waals surface area contributed by atoms with Crippen LogP contribution in [0.4, 0.5) is 0 Å². The van der Waals surface area contributed by atoms with Crippen LogP contribution in [0.15, 0.2) is 0 Å². The molecule has 2 atom stereocenters. The quantitative estimate of drug-likeness (QED) is 0.694. The minimum atomic E-state index is -0.739. The summed E-state index contributed by atoms with van der Waals surface area (Å²) in [5.41, 5.74) is -0.739. The smallest absolute Gasteiger partial charge is 0.246 e. The molecule has 1 saturated heterocycles. The second kappa shape index (κ2) is 6.77. The Balaban J connectivity index is 2.00. The van der Waals surface area contributed by atoms with E-state index in [1.54, 1.807) is 4.90 Å². The van der Waals surface area contributed by atoms with Gasteiger partial charge < -0.3 is 15.0 Å². The third-order valence-corrected chi connectivity index (χ3v) is 4.79. The average Bonchev–Trinajstić information content (AvgIpc) is 3.30. The van der Waals surface area contributed by atoms with Crippen molar-refractivity contribution in [2.24, 2.45) is 5.92 Å². The van der Waals surface area contributed by atoms with Gasteiger partial charge in [0.25, 0.3) is 0 Å². The number of hydrogen-bond donors (Lipinski definition) is 1. The van der Waals surface area contributed by atoms with Crippen LogP contribution in [0, 0.1) is 5.92 Å². The van der Waals surface area contributed by atoms with Crippen LogP contribution in [0.25, 0.3) is 0 Å². The molecule has 1 saturated carbocycles. The topological polar surface area (TPSA) is 58.6 Å². The van der Waals surface area contributed by atoms with Gasteiger partial charge in [0.1, 0.15) is 11.6 Å². The molecule has 0 bridgehead atoms. The summed E-state index contributed by atoms with van der Waals surface area (Å²) in [4.78, 5) is 26.9. The first kappa shape index (κ1) is 16.3. The lowest BCUT2D eigenvalue weighted by Crippen LogP contribution is -2.70. The van der Waals surface area contributed by atoms with Crippen molar-refractivity contribution in [1.29, 1.82) is 0 Å². The van der Waals surface area contributed by atoms with Crippen molar-refractivity contribution in [2.45, 2.75) is 64.5 Å². The zero-order valence-electron chi connectivity index (χ0n) is 13.5. The first-order valence-corrected chi connectivity index (χ1v) is 8.24. The molecule has 120 valence electrons. The van der Waals surface area contributed by atoms with E-state index in [1.165, 1.54) is 0 Å². The molecule has 1 N–H and O–H groups in total. The van der Waals surface area contributed by atoms with Gasteiger partial charge in [-0.15, -0.1) is 0 Å². The highest BCUT2D eigenvalue weighted by Gasteiger charge is 2.51. The third-order valence-electron chi connectivity index (χ3n) is 4.79. The van der Waals surface area contributed by atoms with Crippen LogP contribution in [0.1, 0.15) is 52.9 Å². The molecule has 0 aromatic heterocycles. The molecule has 1 aliphatic carbocycles. The van der Waals surface area contributed by atoms with Crippen LogP contribution in [0.2, 0.25) is 0 Å². The Bertz CT molecular complexity index is 395. The van der Waals surface area contributed by atoms with Gasteiger partial charge in [-0.25, -0.2) is 0 Å². The molecule has 0 aromatic rings. The highest BCUT2D eigenvalue weighted by atomic mass is 16.5. The highest BCUT2D eigenvalue weighted by molar-refractivity contribution is 5.99. The summed E-state index contributed by atoms with van der Waals surface area (Å²) in [6, 6.07) is -0.312. The summed E-state index contributed by atoms with van der Waals surface area (Å²) in [6.45, 7) is 7.66. The minimum absolute atomic E-state index is 0.0185. The second-order valence-corrected chi connectivity index (χ2v) is 6.37. The lowest BCUT2D eigenvalue weighted by molar-refractivity contribution is -0.158. The minimum Gasteiger partial charge on any atom is -0.380 e. The van der Waals surface area contributed by atoms with Crippen LogP contribution in [0.3, 0.4) is 0 Å². The van der Waals surface area contributed by atoms with E-state index in [9.17, 15) is 9.59 Å². The monoisotopic (exact) mass is 296 g/mol. The molecule has 0 aromatic carbocycles. The molecule has 2 fully saturated rings. The molecule has 1 aliphatic heterocycles. The Hall–Kier alpha value is -1.10. The summed E-state index contributed by atoms with van der Waals surface area (Å²) < 4.78 is 5.58. The van der Waals surface area contributed by atoms with Crippen molar-refractivity contribution in [3.63, 3.8) is 0 Å². The van der Waals surface area contributed by atoms with Crippen molar-refractivity contribution in [1.82, 2.24) is 10.2 Å². The number of amides is 2. The van der Waals surface area contributed by atoms with E-state index in [1.807, 2.05) is 13.8 Å². The highest BCUT2D eigenvalue weighted by Crippen LogP contribution is 2.37. The van der Waals surface area contributed by atoms with Gasteiger partial charge in [-0.1, -0.05) is 20.3 Å². The van der Waals surface area contributed by atoms with Gasteiger partial charge in [0.05, 0.1) is 6.61 Å². The molecule has 5 nitrogen and oxygen atoms in total. The molecular weight excluding hydrogens is 268 g/mol. The standard InChI is InChI=1S/C16H28N2O3/c1-4-6-10-21-11-9-18-14(19)13(12-7-8-12)17-15(20)16(18,3)5-2/h12-13H,4-11H2,1-3H3,(H,17,20). The van der Waals surface area contributed by atoms with E-state index in [4.69, 9.17) is 4.74 Å². The fraction of sp³-hybridized carbons (Fsp3) is 0.875. The summed E-state index contributed by atoms with van der Waals surface area (Å²) in [7, 11) is 0. The van der Waals surface area contributed by atoms with Crippen LogP contribution in [-0.4, -0.2) is 48.1 Å². The van der Waals surface area contributed by atoms with E-state index in [2.05, 4.69) is 12.2 Å². The van der Waals surface area contributed by atoms with E-state index in [-0.39, 0.29) is 17.9 Å². The number of piperazine rings is 1. The molecule has 2 amide bonds. The van der Waals surface area contributed by atoms with Crippen molar-refractivity contribution in [3.8, 4) is 0 Å². The van der Waals surface area contributed by atoms with E-state index < -0.39 is 5.54 Å². The lowest BCUT2D eigenvalue weighted by atomic mass is 9.89. The predicted octanol–water partition coefficient (Wildman–Crippen LogP) is 1.71. The number of carbonyl (C=O) groups excluding carboxylic acids is 2. The number of carbonyl (C=O) groups is 2. The van der Waals surface area contributed by atoms with Crippen molar-refractivity contribution < 1.29 is 14.3 Å². The Morgan fingerprint density at radius 1 is 1.29 bits per heavy atom. The fourth-order valence-corrected chi connectivity index (χ4v) is 2.85. The van der Waals surface area contributed by atoms with Gasteiger partial charge in [0.2, 0.25) is 11.8 Å². The summed E-state index contributed by atoms with van der Waals surface area (Å²) in [5, 5.41) is 2.94. The third kappa shape index (κ3) is 3.39. The van der Waals surface area contributed by atoms with Gasteiger partial charge >= 0.3 is 0 Å². The average molecular weight is 296 g/mol. The van der Waals surface area contributed by atoms with Crippen LogP contribution in [0.5, 0.6) is 0 Å². The van der Waals surface area contributed by atoms with E-state index in [0.29, 0.717) is 25.5 Å². The van der Waals surface area contributed by atoms with E-state index >= 15 is 0 Å². The Morgan fingerprint density at radius 2 is 2.00 bits per heavy atom. The number of nitrogens with one attached hydrogen (secondary N) is 1. The zero-order chi connectivity index (χ0) is 15.5. The number of rotatable bonds is 8. The Morgan fingerprint density at radius 3 is 2.57 bits per heavy atom. The molecule has 0 radical (unpaired) electrons. The van der Waals surface area contributed by atoms with Crippen molar-refractivity contribution in [2.75, 3.05) is 19.8 Å². The molecule has 5 heteroatoms. The van der Waals surface area contributed by atoms with E-state index in [0.717, 1.165) is 32.3 Å². The number of ether oxygens (including phenoxy) is 1. The molecule has 2 aliphatic rings. The molecule has 2 unspecified atom stereocenters. The Kier molecular flexibility index (Phi) is 5.25. The molecule has 0 spiro atoms. The molecule has 21 heavy (non-hydrogen) atoms. The number of nitrogens with zero attached hydrogens (tertiary/aromatic N) is 1. The molecule has 2 rings (SSSR count). The molecular formula is C16H28N2O3. The fourth-order valence-electron chi connectivity index (χ4n) is 2.85. The number of hydrogen-bond acceptors (Lipinski definition) is 3.